The molecule has 11 heavy (non-hydrogen) atoms. The lowest BCUT2D eigenvalue weighted by molar-refractivity contribution is 0.262. The summed E-state index contributed by atoms with van der Waals surface area (Å²) < 4.78 is 0. The molecule has 0 spiro atoms. The maximum Gasteiger partial charge on any atom is -0.00126 e. The molecule has 1 aliphatic rings. The molecule has 2 N–H and O–H groups in total. The van der Waals surface area contributed by atoms with E-state index in [4.69, 9.17) is 5.73 Å². The molecule has 0 amide bonds. The van der Waals surface area contributed by atoms with Crippen molar-refractivity contribution in [2.24, 2.45) is 22.5 Å². The van der Waals surface area contributed by atoms with Gasteiger partial charge in [0.1, 0.15) is 0 Å². The molecule has 1 aliphatic carbocycles. The second kappa shape index (κ2) is 2.48. The fourth-order valence-corrected chi connectivity index (χ4v) is 2.53. The maximum absolute atomic E-state index is 5.82. The van der Waals surface area contributed by atoms with E-state index >= 15 is 0 Å². The average Bonchev–Trinajstić information content (AvgIpc) is 2.53. The van der Waals surface area contributed by atoms with E-state index in [1.165, 1.54) is 12.8 Å². The van der Waals surface area contributed by atoms with Crippen LogP contribution in [-0.4, -0.2) is 6.54 Å². The Kier molecular flexibility index (Phi) is 2.04. The van der Waals surface area contributed by atoms with Crippen LogP contribution >= 0.6 is 0 Å². The van der Waals surface area contributed by atoms with Crippen molar-refractivity contribution in [2.75, 3.05) is 6.54 Å². The van der Waals surface area contributed by atoms with Gasteiger partial charge in [-0.1, -0.05) is 34.1 Å². The summed E-state index contributed by atoms with van der Waals surface area (Å²) in [6, 6.07) is 0. The highest BCUT2D eigenvalue weighted by Crippen LogP contribution is 2.67. The predicted octanol–water partition coefficient (Wildman–Crippen LogP) is 2.41. The highest BCUT2D eigenvalue weighted by molar-refractivity contribution is 5.11. The highest BCUT2D eigenvalue weighted by Gasteiger charge is 2.61. The summed E-state index contributed by atoms with van der Waals surface area (Å²) in [6.07, 6.45) is 2.59. The van der Waals surface area contributed by atoms with Crippen molar-refractivity contribution in [1.82, 2.24) is 0 Å². The molecule has 1 fully saturated rings. The molecule has 0 saturated heterocycles. The minimum atomic E-state index is 0.474. The number of nitrogens with two attached hydrogens (primary N) is 1. The molecule has 1 rings (SSSR count). The molecule has 1 nitrogen and oxygen atoms in total. The molecule has 66 valence electrons. The molecule has 0 aromatic carbocycles. The van der Waals surface area contributed by atoms with Gasteiger partial charge in [-0.05, 0) is 29.7 Å². The molecule has 1 heteroatoms. The van der Waals surface area contributed by atoms with Crippen LogP contribution in [0.1, 0.15) is 40.5 Å². The van der Waals surface area contributed by atoms with E-state index in [9.17, 15) is 0 Å². The van der Waals surface area contributed by atoms with Gasteiger partial charge in [-0.25, -0.2) is 0 Å². The summed E-state index contributed by atoms with van der Waals surface area (Å²) in [5.41, 5.74) is 6.81. The van der Waals surface area contributed by atoms with Crippen LogP contribution in [0.3, 0.4) is 0 Å². The van der Waals surface area contributed by atoms with Gasteiger partial charge in [0, 0.05) is 0 Å². The van der Waals surface area contributed by atoms with Crippen LogP contribution in [0.5, 0.6) is 0 Å². The number of rotatable bonds is 3. The van der Waals surface area contributed by atoms with E-state index in [1.54, 1.807) is 0 Å². The largest absolute Gasteiger partial charge is 0.330 e. The van der Waals surface area contributed by atoms with Crippen molar-refractivity contribution in [3.05, 3.63) is 0 Å². The van der Waals surface area contributed by atoms with Gasteiger partial charge in [-0.2, -0.15) is 0 Å². The molecule has 0 aliphatic heterocycles. The van der Waals surface area contributed by atoms with Crippen molar-refractivity contribution in [3.63, 3.8) is 0 Å². The van der Waals surface area contributed by atoms with Crippen LogP contribution < -0.4 is 5.73 Å². The Morgan fingerprint density at radius 2 is 1.91 bits per heavy atom. The van der Waals surface area contributed by atoms with Crippen LogP contribution in [0.4, 0.5) is 0 Å². The molecule has 0 bridgehead atoms. The quantitative estimate of drug-likeness (QED) is 0.665. The standard InChI is InChI=1S/C10H21N/c1-5-8(2)10(7-11)6-9(10,3)4/h8H,5-7,11H2,1-4H3. The van der Waals surface area contributed by atoms with Gasteiger partial charge in [0.05, 0.1) is 0 Å². The zero-order valence-electron chi connectivity index (χ0n) is 8.28. The van der Waals surface area contributed by atoms with E-state index in [0.29, 0.717) is 10.8 Å². The first-order chi connectivity index (χ1) is 5.00. The van der Waals surface area contributed by atoms with Gasteiger partial charge in [-0.3, -0.25) is 0 Å². The van der Waals surface area contributed by atoms with Gasteiger partial charge in [0.15, 0.2) is 0 Å². The first kappa shape index (κ1) is 9.05. The smallest absolute Gasteiger partial charge is 0.00126 e. The summed E-state index contributed by atoms with van der Waals surface area (Å²) >= 11 is 0. The normalized spacial score (nSPS) is 36.8. The van der Waals surface area contributed by atoms with Crippen molar-refractivity contribution in [1.29, 1.82) is 0 Å². The Morgan fingerprint density at radius 1 is 1.45 bits per heavy atom. The molecule has 0 heterocycles. The lowest BCUT2D eigenvalue weighted by Gasteiger charge is -2.24. The van der Waals surface area contributed by atoms with Crippen molar-refractivity contribution in [3.8, 4) is 0 Å². The summed E-state index contributed by atoms with van der Waals surface area (Å²) in [7, 11) is 0. The fraction of sp³-hybridized carbons (Fsp3) is 1.00. The van der Waals surface area contributed by atoms with Gasteiger partial charge in [0.2, 0.25) is 0 Å². The Bertz CT molecular complexity index is 151. The molecule has 0 radical (unpaired) electrons. The van der Waals surface area contributed by atoms with E-state index in [2.05, 4.69) is 27.7 Å². The molecule has 0 aromatic rings. The summed E-state index contributed by atoms with van der Waals surface area (Å²) in [5, 5.41) is 0. The SMILES string of the molecule is CCC(C)C1(CN)CC1(C)C. The molecule has 1 saturated carbocycles. The Hall–Kier alpha value is -0.0400. The third kappa shape index (κ3) is 1.10. The van der Waals surface area contributed by atoms with Crippen LogP contribution in [-0.2, 0) is 0 Å². The second-order valence-corrected chi connectivity index (χ2v) is 4.73. The fourth-order valence-electron chi connectivity index (χ4n) is 2.53. The topological polar surface area (TPSA) is 26.0 Å². The maximum atomic E-state index is 5.82. The highest BCUT2D eigenvalue weighted by atomic mass is 14.8. The number of hydrogen-bond acceptors (Lipinski definition) is 1. The Labute approximate surface area is 70.4 Å². The predicted molar refractivity (Wildman–Crippen MR) is 49.3 cm³/mol. The number of hydrogen-bond donors (Lipinski definition) is 1. The third-order valence-corrected chi connectivity index (χ3v) is 3.90. The first-order valence-electron chi connectivity index (χ1n) is 4.70. The lowest BCUT2D eigenvalue weighted by atomic mass is 9.82. The molecule has 0 aromatic heterocycles. The zero-order chi connectivity index (χ0) is 8.70. The monoisotopic (exact) mass is 155 g/mol. The Balaban J connectivity index is 2.67. The van der Waals surface area contributed by atoms with Crippen LogP contribution in [0.2, 0.25) is 0 Å². The van der Waals surface area contributed by atoms with Crippen molar-refractivity contribution < 1.29 is 0 Å². The summed E-state index contributed by atoms with van der Waals surface area (Å²) in [4.78, 5) is 0. The minimum Gasteiger partial charge on any atom is -0.330 e. The molecule has 2 unspecified atom stereocenters. The third-order valence-electron chi connectivity index (χ3n) is 3.90. The lowest BCUT2D eigenvalue weighted by Crippen LogP contribution is -2.27. The van der Waals surface area contributed by atoms with E-state index in [-0.39, 0.29) is 0 Å². The minimum absolute atomic E-state index is 0.474. The van der Waals surface area contributed by atoms with Gasteiger partial charge >= 0.3 is 0 Å². The van der Waals surface area contributed by atoms with Crippen molar-refractivity contribution in [2.45, 2.75) is 40.5 Å². The van der Waals surface area contributed by atoms with E-state index in [1.807, 2.05) is 0 Å². The van der Waals surface area contributed by atoms with Crippen molar-refractivity contribution >= 4 is 0 Å². The first-order valence-corrected chi connectivity index (χ1v) is 4.70. The summed E-state index contributed by atoms with van der Waals surface area (Å²) in [6.45, 7) is 10.1. The van der Waals surface area contributed by atoms with Gasteiger partial charge in [0.25, 0.3) is 0 Å². The van der Waals surface area contributed by atoms with Gasteiger partial charge < -0.3 is 5.73 Å². The van der Waals surface area contributed by atoms with E-state index < -0.39 is 0 Å². The molecule has 2 atom stereocenters. The van der Waals surface area contributed by atoms with Gasteiger partial charge in [-0.15, -0.1) is 0 Å². The van der Waals surface area contributed by atoms with E-state index in [0.717, 1.165) is 12.5 Å². The molecular formula is C10H21N. The molecular weight excluding hydrogens is 134 g/mol. The van der Waals surface area contributed by atoms with Crippen LogP contribution in [0, 0.1) is 16.7 Å². The second-order valence-electron chi connectivity index (χ2n) is 4.73. The average molecular weight is 155 g/mol. The zero-order valence-corrected chi connectivity index (χ0v) is 8.28. The van der Waals surface area contributed by atoms with Crippen LogP contribution in [0.15, 0.2) is 0 Å². The Morgan fingerprint density at radius 3 is 2.00 bits per heavy atom. The summed E-state index contributed by atoms with van der Waals surface area (Å²) in [5.74, 6) is 0.794. The van der Waals surface area contributed by atoms with Crippen LogP contribution in [0.25, 0.3) is 0 Å².